The zero-order chi connectivity index (χ0) is 9.84. The maximum absolute atomic E-state index is 9.41. The van der Waals surface area contributed by atoms with Crippen molar-refractivity contribution in [3.05, 3.63) is 35.4 Å². The first-order valence-electron chi connectivity index (χ1n) is 3.97. The molecule has 13 heavy (non-hydrogen) atoms. The van der Waals surface area contributed by atoms with Crippen LogP contribution in [-0.4, -0.2) is 16.3 Å². The molecule has 0 amide bonds. The molecule has 0 aliphatic carbocycles. The summed E-state index contributed by atoms with van der Waals surface area (Å²) in [5.41, 5.74) is 1.63. The minimum atomic E-state index is -1.36. The molecule has 2 atom stereocenters. The van der Waals surface area contributed by atoms with Gasteiger partial charge in [-0.15, -0.1) is 0 Å². The molecule has 1 aromatic rings. The van der Waals surface area contributed by atoms with Gasteiger partial charge in [0.15, 0.2) is 6.10 Å². The molecule has 0 bridgehead atoms. The molecule has 0 aliphatic heterocycles. The number of aryl methyl sites for hydroxylation is 1. The fourth-order valence-corrected chi connectivity index (χ4v) is 1.02. The van der Waals surface area contributed by atoms with Crippen molar-refractivity contribution in [1.82, 2.24) is 0 Å². The fourth-order valence-electron chi connectivity index (χ4n) is 1.02. The van der Waals surface area contributed by atoms with E-state index in [1.807, 2.05) is 19.1 Å². The summed E-state index contributed by atoms with van der Waals surface area (Å²) >= 11 is 0. The second kappa shape index (κ2) is 4.04. The molecule has 2 N–H and O–H groups in total. The summed E-state index contributed by atoms with van der Waals surface area (Å²) in [7, 11) is 0. The van der Waals surface area contributed by atoms with E-state index in [1.165, 1.54) is 0 Å². The number of nitriles is 1. The maximum atomic E-state index is 9.41. The van der Waals surface area contributed by atoms with Crippen molar-refractivity contribution in [2.24, 2.45) is 0 Å². The predicted octanol–water partition coefficient (Wildman–Crippen LogP) is 0.913. The first-order chi connectivity index (χ1) is 6.15. The van der Waals surface area contributed by atoms with Crippen molar-refractivity contribution >= 4 is 0 Å². The van der Waals surface area contributed by atoms with Gasteiger partial charge in [0.05, 0.1) is 6.07 Å². The molecular weight excluding hydrogens is 166 g/mol. The Morgan fingerprint density at radius 1 is 1.23 bits per heavy atom. The Kier molecular flexibility index (Phi) is 3.02. The van der Waals surface area contributed by atoms with Crippen LogP contribution < -0.4 is 0 Å². The summed E-state index contributed by atoms with van der Waals surface area (Å²) in [5, 5.41) is 26.8. The molecular formula is C10H11NO2. The molecule has 0 aromatic heterocycles. The van der Waals surface area contributed by atoms with Gasteiger partial charge in [-0.3, -0.25) is 0 Å². The Morgan fingerprint density at radius 2 is 1.77 bits per heavy atom. The summed E-state index contributed by atoms with van der Waals surface area (Å²) in [6.07, 6.45) is -2.48. The molecule has 3 nitrogen and oxygen atoms in total. The molecule has 0 radical (unpaired) electrons. The molecule has 0 saturated carbocycles. The van der Waals surface area contributed by atoms with E-state index >= 15 is 0 Å². The van der Waals surface area contributed by atoms with Gasteiger partial charge in [0.1, 0.15) is 6.10 Å². The Hall–Kier alpha value is -1.37. The number of aliphatic hydroxyl groups is 2. The molecule has 0 heterocycles. The van der Waals surface area contributed by atoms with E-state index in [0.29, 0.717) is 5.56 Å². The highest BCUT2D eigenvalue weighted by atomic mass is 16.3. The molecule has 0 fully saturated rings. The van der Waals surface area contributed by atoms with Crippen LogP contribution in [-0.2, 0) is 0 Å². The van der Waals surface area contributed by atoms with Crippen molar-refractivity contribution in [2.75, 3.05) is 0 Å². The van der Waals surface area contributed by atoms with E-state index in [0.717, 1.165) is 5.56 Å². The van der Waals surface area contributed by atoms with Crippen molar-refractivity contribution in [2.45, 2.75) is 19.1 Å². The molecule has 0 aliphatic rings. The SMILES string of the molecule is Cc1ccc(C(O)C(O)C#N)cc1. The van der Waals surface area contributed by atoms with Gasteiger partial charge in [0.2, 0.25) is 0 Å². The summed E-state index contributed by atoms with van der Waals surface area (Å²) < 4.78 is 0. The second-order valence-corrected chi connectivity index (χ2v) is 2.93. The number of rotatable bonds is 2. The second-order valence-electron chi connectivity index (χ2n) is 2.93. The molecule has 68 valence electrons. The van der Waals surface area contributed by atoms with E-state index < -0.39 is 12.2 Å². The van der Waals surface area contributed by atoms with E-state index in [1.54, 1.807) is 18.2 Å². The van der Waals surface area contributed by atoms with Crippen molar-refractivity contribution in [3.8, 4) is 6.07 Å². The Bertz CT molecular complexity index is 313. The van der Waals surface area contributed by atoms with E-state index in [9.17, 15) is 5.11 Å². The van der Waals surface area contributed by atoms with Crippen LogP contribution in [0.5, 0.6) is 0 Å². The lowest BCUT2D eigenvalue weighted by molar-refractivity contribution is 0.0528. The van der Waals surface area contributed by atoms with Gasteiger partial charge in [-0.2, -0.15) is 5.26 Å². The van der Waals surface area contributed by atoms with Crippen LogP contribution >= 0.6 is 0 Å². The third-order valence-corrected chi connectivity index (χ3v) is 1.85. The summed E-state index contributed by atoms with van der Waals surface area (Å²) in [5.74, 6) is 0. The Labute approximate surface area is 76.9 Å². The number of nitrogens with zero attached hydrogens (tertiary/aromatic N) is 1. The van der Waals surface area contributed by atoms with Crippen LogP contribution in [0.2, 0.25) is 0 Å². The topological polar surface area (TPSA) is 64.2 Å². The Morgan fingerprint density at radius 3 is 2.23 bits per heavy atom. The van der Waals surface area contributed by atoms with Gasteiger partial charge in [-0.25, -0.2) is 0 Å². The average molecular weight is 177 g/mol. The molecule has 1 aromatic carbocycles. The smallest absolute Gasteiger partial charge is 0.170 e. The van der Waals surface area contributed by atoms with Crippen LogP contribution in [0.15, 0.2) is 24.3 Å². The standard InChI is InChI=1S/C10H11NO2/c1-7-2-4-8(5-3-7)10(13)9(12)6-11/h2-5,9-10,12-13H,1H3. The van der Waals surface area contributed by atoms with Gasteiger partial charge < -0.3 is 10.2 Å². The normalized spacial score (nSPS) is 14.6. The maximum Gasteiger partial charge on any atom is 0.170 e. The largest absolute Gasteiger partial charge is 0.385 e. The lowest BCUT2D eigenvalue weighted by Gasteiger charge is -2.11. The van der Waals surface area contributed by atoms with Gasteiger partial charge in [-0.1, -0.05) is 29.8 Å². The predicted molar refractivity (Wildman–Crippen MR) is 47.8 cm³/mol. The van der Waals surface area contributed by atoms with Gasteiger partial charge in [0.25, 0.3) is 0 Å². The van der Waals surface area contributed by atoms with Crippen molar-refractivity contribution < 1.29 is 10.2 Å². The zero-order valence-electron chi connectivity index (χ0n) is 7.31. The van der Waals surface area contributed by atoms with Crippen LogP contribution in [0.25, 0.3) is 0 Å². The van der Waals surface area contributed by atoms with E-state index in [4.69, 9.17) is 10.4 Å². The molecule has 0 saturated heterocycles. The number of benzene rings is 1. The highest BCUT2D eigenvalue weighted by Gasteiger charge is 2.16. The highest BCUT2D eigenvalue weighted by molar-refractivity contribution is 5.24. The zero-order valence-corrected chi connectivity index (χ0v) is 7.31. The van der Waals surface area contributed by atoms with Crippen molar-refractivity contribution in [1.29, 1.82) is 5.26 Å². The first-order valence-corrected chi connectivity index (χ1v) is 3.97. The molecule has 0 spiro atoms. The van der Waals surface area contributed by atoms with Crippen LogP contribution in [0, 0.1) is 18.3 Å². The summed E-state index contributed by atoms with van der Waals surface area (Å²) in [4.78, 5) is 0. The highest BCUT2D eigenvalue weighted by Crippen LogP contribution is 2.16. The average Bonchev–Trinajstić information content (AvgIpc) is 2.17. The molecule has 2 unspecified atom stereocenters. The third-order valence-electron chi connectivity index (χ3n) is 1.85. The molecule has 3 heteroatoms. The summed E-state index contributed by atoms with van der Waals surface area (Å²) in [6.45, 7) is 1.93. The van der Waals surface area contributed by atoms with E-state index in [2.05, 4.69) is 0 Å². The number of hydrogen-bond acceptors (Lipinski definition) is 3. The van der Waals surface area contributed by atoms with Crippen LogP contribution in [0.3, 0.4) is 0 Å². The monoisotopic (exact) mass is 177 g/mol. The summed E-state index contributed by atoms with van der Waals surface area (Å²) in [6, 6.07) is 8.62. The van der Waals surface area contributed by atoms with Gasteiger partial charge >= 0.3 is 0 Å². The molecule has 1 rings (SSSR count). The number of hydrogen-bond donors (Lipinski definition) is 2. The Balaban J connectivity index is 2.84. The number of aliphatic hydroxyl groups excluding tert-OH is 2. The fraction of sp³-hybridized carbons (Fsp3) is 0.300. The lowest BCUT2D eigenvalue weighted by Crippen LogP contribution is -2.15. The third kappa shape index (κ3) is 2.28. The van der Waals surface area contributed by atoms with E-state index in [-0.39, 0.29) is 0 Å². The quantitative estimate of drug-likeness (QED) is 0.660. The van der Waals surface area contributed by atoms with Crippen molar-refractivity contribution in [3.63, 3.8) is 0 Å². The van der Waals surface area contributed by atoms with Crippen LogP contribution in [0.1, 0.15) is 17.2 Å². The minimum Gasteiger partial charge on any atom is -0.385 e. The van der Waals surface area contributed by atoms with Gasteiger partial charge in [0, 0.05) is 0 Å². The van der Waals surface area contributed by atoms with Gasteiger partial charge in [-0.05, 0) is 12.5 Å². The minimum absolute atomic E-state index is 0.555. The van der Waals surface area contributed by atoms with Crippen LogP contribution in [0.4, 0.5) is 0 Å². The lowest BCUT2D eigenvalue weighted by atomic mass is 10.0. The first kappa shape index (κ1) is 9.72.